The van der Waals surface area contributed by atoms with Gasteiger partial charge in [0.2, 0.25) is 0 Å². The summed E-state index contributed by atoms with van der Waals surface area (Å²) in [6, 6.07) is 3.07. The molecule has 0 aromatic carbocycles. The third-order valence-corrected chi connectivity index (χ3v) is 3.16. The van der Waals surface area contributed by atoms with E-state index in [1.165, 1.54) is 24.1 Å². The van der Waals surface area contributed by atoms with Crippen LogP contribution >= 0.6 is 11.8 Å². The van der Waals surface area contributed by atoms with Crippen LogP contribution in [0.4, 0.5) is 5.82 Å². The van der Waals surface area contributed by atoms with Gasteiger partial charge in [-0.3, -0.25) is 4.79 Å². The first kappa shape index (κ1) is 14.2. The van der Waals surface area contributed by atoms with Crippen molar-refractivity contribution in [2.24, 2.45) is 0 Å². The van der Waals surface area contributed by atoms with E-state index >= 15 is 0 Å². The molecule has 2 heterocycles. The number of aromatic nitrogens is 2. The fourth-order valence-electron chi connectivity index (χ4n) is 1.61. The minimum Gasteiger partial charge on any atom is -0.462 e. The molecular formula is C12H13N3O4S. The van der Waals surface area contributed by atoms with E-state index in [1.54, 1.807) is 19.2 Å². The third kappa shape index (κ3) is 2.42. The number of carbonyl (C=O) groups excluding carboxylic acids is 2. The third-order valence-electron chi connectivity index (χ3n) is 2.49. The van der Waals surface area contributed by atoms with Crippen LogP contribution in [-0.2, 0) is 4.74 Å². The molecule has 0 radical (unpaired) electrons. The van der Waals surface area contributed by atoms with Crippen molar-refractivity contribution in [1.82, 2.24) is 9.78 Å². The van der Waals surface area contributed by atoms with Crippen molar-refractivity contribution >= 4 is 29.5 Å². The molecule has 0 aliphatic heterocycles. The molecule has 0 atom stereocenters. The predicted molar refractivity (Wildman–Crippen MR) is 72.8 cm³/mol. The van der Waals surface area contributed by atoms with E-state index in [-0.39, 0.29) is 23.7 Å². The number of nitrogen functional groups attached to an aromatic ring is 1. The second-order valence-corrected chi connectivity index (χ2v) is 4.48. The first-order chi connectivity index (χ1) is 9.60. The van der Waals surface area contributed by atoms with Gasteiger partial charge in [0.05, 0.1) is 12.9 Å². The molecule has 0 bridgehead atoms. The molecule has 0 amide bonds. The highest BCUT2D eigenvalue weighted by Gasteiger charge is 2.27. The average molecular weight is 295 g/mol. The van der Waals surface area contributed by atoms with Crippen LogP contribution in [0.1, 0.15) is 27.8 Å². The predicted octanol–water partition coefficient (Wildman–Crippen LogP) is 1.65. The largest absolute Gasteiger partial charge is 0.462 e. The maximum atomic E-state index is 12.2. The standard InChI is InChI=1S/C12H13N3O4S/c1-3-18-12(17)8-9(13)15(14-10(8)20-2)11(16)7-5-4-6-19-7/h4-6H,3,13H2,1-2H3. The summed E-state index contributed by atoms with van der Waals surface area (Å²) in [5.74, 6) is -1.12. The maximum Gasteiger partial charge on any atom is 0.344 e. The van der Waals surface area contributed by atoms with E-state index in [4.69, 9.17) is 14.9 Å². The lowest BCUT2D eigenvalue weighted by Gasteiger charge is -2.02. The van der Waals surface area contributed by atoms with E-state index in [0.717, 1.165) is 4.68 Å². The van der Waals surface area contributed by atoms with E-state index in [1.807, 2.05) is 0 Å². The smallest absolute Gasteiger partial charge is 0.344 e. The zero-order valence-electron chi connectivity index (χ0n) is 11.0. The Morgan fingerprint density at radius 1 is 1.55 bits per heavy atom. The van der Waals surface area contributed by atoms with Crippen molar-refractivity contribution in [3.05, 3.63) is 29.7 Å². The Labute approximate surface area is 119 Å². The summed E-state index contributed by atoms with van der Waals surface area (Å²) in [4.78, 5) is 24.0. The zero-order chi connectivity index (χ0) is 14.7. The number of furan rings is 1. The Bertz CT molecular complexity index is 633. The van der Waals surface area contributed by atoms with Gasteiger partial charge < -0.3 is 14.9 Å². The highest BCUT2D eigenvalue weighted by molar-refractivity contribution is 7.98. The number of nitrogens with two attached hydrogens (primary N) is 1. The van der Waals surface area contributed by atoms with Crippen LogP contribution in [-0.4, -0.2) is 34.5 Å². The zero-order valence-corrected chi connectivity index (χ0v) is 11.8. The molecule has 0 saturated carbocycles. The fourth-order valence-corrected chi connectivity index (χ4v) is 2.16. The van der Waals surface area contributed by atoms with Crippen LogP contribution in [0.3, 0.4) is 0 Å². The van der Waals surface area contributed by atoms with Crippen molar-refractivity contribution in [1.29, 1.82) is 0 Å². The van der Waals surface area contributed by atoms with Crippen LogP contribution in [0, 0.1) is 0 Å². The molecule has 106 valence electrons. The summed E-state index contributed by atoms with van der Waals surface area (Å²) >= 11 is 1.20. The Morgan fingerprint density at radius 3 is 2.85 bits per heavy atom. The quantitative estimate of drug-likeness (QED) is 0.676. The molecule has 0 aliphatic carbocycles. The van der Waals surface area contributed by atoms with E-state index in [2.05, 4.69) is 5.10 Å². The first-order valence-corrected chi connectivity index (χ1v) is 7.00. The van der Waals surface area contributed by atoms with Gasteiger partial charge in [0.1, 0.15) is 16.4 Å². The van der Waals surface area contributed by atoms with Gasteiger partial charge in [-0.05, 0) is 25.3 Å². The molecule has 7 nitrogen and oxygen atoms in total. The molecule has 0 aliphatic rings. The summed E-state index contributed by atoms with van der Waals surface area (Å²) in [6.07, 6.45) is 3.10. The normalized spacial score (nSPS) is 10.5. The maximum absolute atomic E-state index is 12.2. The first-order valence-electron chi connectivity index (χ1n) is 5.78. The molecule has 0 unspecified atom stereocenters. The minimum absolute atomic E-state index is 0.0609. The van der Waals surface area contributed by atoms with Gasteiger partial charge in [-0.25, -0.2) is 4.79 Å². The number of hydrogen-bond donors (Lipinski definition) is 1. The van der Waals surface area contributed by atoms with Gasteiger partial charge in [0, 0.05) is 0 Å². The Kier molecular flexibility index (Phi) is 4.14. The second-order valence-electron chi connectivity index (χ2n) is 3.68. The summed E-state index contributed by atoms with van der Waals surface area (Å²) in [6.45, 7) is 1.90. The van der Waals surface area contributed by atoms with Gasteiger partial charge in [0.15, 0.2) is 5.76 Å². The minimum atomic E-state index is -0.604. The number of ether oxygens (including phenoxy) is 1. The van der Waals surface area contributed by atoms with Gasteiger partial charge >= 0.3 is 11.9 Å². The number of thioether (sulfide) groups is 1. The Hall–Kier alpha value is -2.22. The van der Waals surface area contributed by atoms with E-state index in [0.29, 0.717) is 5.03 Å². The molecule has 2 aromatic rings. The summed E-state index contributed by atoms with van der Waals surface area (Å²) in [7, 11) is 0. The van der Waals surface area contributed by atoms with E-state index in [9.17, 15) is 9.59 Å². The number of hydrogen-bond acceptors (Lipinski definition) is 7. The van der Waals surface area contributed by atoms with Crippen LogP contribution in [0.25, 0.3) is 0 Å². The lowest BCUT2D eigenvalue weighted by molar-refractivity contribution is 0.0523. The molecule has 0 saturated heterocycles. The molecule has 0 spiro atoms. The highest BCUT2D eigenvalue weighted by Crippen LogP contribution is 2.26. The van der Waals surface area contributed by atoms with Crippen LogP contribution in [0.5, 0.6) is 0 Å². The summed E-state index contributed by atoms with van der Waals surface area (Å²) < 4.78 is 10.9. The lowest BCUT2D eigenvalue weighted by Crippen LogP contribution is -2.16. The Balaban J connectivity index is 2.46. The van der Waals surface area contributed by atoms with E-state index < -0.39 is 11.9 Å². The number of anilines is 1. The molecular weight excluding hydrogens is 282 g/mol. The van der Waals surface area contributed by atoms with Gasteiger partial charge in [-0.2, -0.15) is 9.78 Å². The molecule has 20 heavy (non-hydrogen) atoms. The molecule has 2 N–H and O–H groups in total. The van der Waals surface area contributed by atoms with Gasteiger partial charge in [-0.15, -0.1) is 11.8 Å². The van der Waals surface area contributed by atoms with Crippen LogP contribution < -0.4 is 5.73 Å². The molecule has 8 heteroatoms. The summed E-state index contributed by atoms with van der Waals surface area (Å²) in [5, 5.41) is 4.37. The average Bonchev–Trinajstić information content (AvgIpc) is 3.05. The van der Waals surface area contributed by atoms with Crippen LogP contribution in [0.2, 0.25) is 0 Å². The Morgan fingerprint density at radius 2 is 2.30 bits per heavy atom. The number of nitrogens with zero attached hydrogens (tertiary/aromatic N) is 2. The fraction of sp³-hybridized carbons (Fsp3) is 0.250. The second kappa shape index (κ2) is 5.83. The molecule has 2 rings (SSSR count). The van der Waals surface area contributed by atoms with Crippen molar-refractivity contribution in [3.63, 3.8) is 0 Å². The van der Waals surface area contributed by atoms with Crippen LogP contribution in [0.15, 0.2) is 27.8 Å². The van der Waals surface area contributed by atoms with Crippen molar-refractivity contribution in [2.75, 3.05) is 18.6 Å². The SMILES string of the molecule is CCOC(=O)c1c(SC)nn(C(=O)c2ccco2)c1N. The summed E-state index contributed by atoms with van der Waals surface area (Å²) in [5.41, 5.74) is 5.94. The van der Waals surface area contributed by atoms with Crippen molar-refractivity contribution in [3.8, 4) is 0 Å². The number of carbonyl (C=O) groups is 2. The van der Waals surface area contributed by atoms with Gasteiger partial charge in [-0.1, -0.05) is 0 Å². The molecule has 2 aromatic heterocycles. The van der Waals surface area contributed by atoms with Crippen molar-refractivity contribution < 1.29 is 18.7 Å². The lowest BCUT2D eigenvalue weighted by atomic mass is 10.3. The topological polar surface area (TPSA) is 100 Å². The molecule has 0 fully saturated rings. The highest BCUT2D eigenvalue weighted by atomic mass is 32.2. The number of esters is 1. The van der Waals surface area contributed by atoms with Gasteiger partial charge in [0.25, 0.3) is 0 Å². The van der Waals surface area contributed by atoms with Crippen molar-refractivity contribution in [2.45, 2.75) is 11.9 Å². The number of rotatable bonds is 4. The monoisotopic (exact) mass is 295 g/mol.